The Morgan fingerprint density at radius 3 is 3.00 bits per heavy atom. The molecule has 0 amide bonds. The Morgan fingerprint density at radius 2 is 2.28 bits per heavy atom. The lowest BCUT2D eigenvalue weighted by molar-refractivity contribution is -0.384. The van der Waals surface area contributed by atoms with Crippen LogP contribution in [0.1, 0.15) is 12.6 Å². The van der Waals surface area contributed by atoms with Crippen LogP contribution in [-0.2, 0) is 6.54 Å². The molecule has 0 spiro atoms. The highest BCUT2D eigenvalue weighted by Crippen LogP contribution is 2.16. The summed E-state index contributed by atoms with van der Waals surface area (Å²) in [7, 11) is 0. The van der Waals surface area contributed by atoms with Gasteiger partial charge in [-0.1, -0.05) is 13.0 Å². The first-order valence-corrected chi connectivity index (χ1v) is 5.71. The molecule has 0 bridgehead atoms. The summed E-state index contributed by atoms with van der Waals surface area (Å²) in [5, 5.41) is 18.2. The fourth-order valence-corrected chi connectivity index (χ4v) is 1.60. The molecule has 0 aliphatic rings. The summed E-state index contributed by atoms with van der Waals surface area (Å²) in [5.74, 6) is 0. The number of nitrogens with zero attached hydrogens (tertiary/aromatic N) is 3. The van der Waals surface area contributed by atoms with Crippen LogP contribution in [0.4, 0.5) is 5.69 Å². The zero-order valence-corrected chi connectivity index (χ0v) is 10.0. The number of rotatable bonds is 5. The molecule has 0 saturated heterocycles. The van der Waals surface area contributed by atoms with Gasteiger partial charge in [-0.2, -0.15) is 5.10 Å². The van der Waals surface area contributed by atoms with Gasteiger partial charge in [0.2, 0.25) is 0 Å². The maximum Gasteiger partial charge on any atom is 0.271 e. The summed E-state index contributed by atoms with van der Waals surface area (Å²) in [6.07, 6.45) is 1.80. The molecule has 18 heavy (non-hydrogen) atoms. The molecule has 1 N–H and O–H groups in total. The van der Waals surface area contributed by atoms with Crippen LogP contribution in [0.15, 0.2) is 36.5 Å². The SMILES string of the molecule is CCNCc1ccn(-c2cccc([N+](=O)[O-])c2)n1. The van der Waals surface area contributed by atoms with Crippen LogP contribution in [0.5, 0.6) is 0 Å². The first-order valence-electron chi connectivity index (χ1n) is 5.71. The lowest BCUT2D eigenvalue weighted by atomic mass is 10.3. The average molecular weight is 246 g/mol. The number of nitrogens with one attached hydrogen (secondary N) is 1. The minimum atomic E-state index is -0.410. The lowest BCUT2D eigenvalue weighted by Crippen LogP contribution is -2.12. The smallest absolute Gasteiger partial charge is 0.271 e. The van der Waals surface area contributed by atoms with Gasteiger partial charge in [0.05, 0.1) is 16.3 Å². The minimum Gasteiger partial charge on any atom is -0.311 e. The van der Waals surface area contributed by atoms with E-state index in [2.05, 4.69) is 10.4 Å². The zero-order valence-electron chi connectivity index (χ0n) is 10.0. The molecule has 1 heterocycles. The zero-order chi connectivity index (χ0) is 13.0. The molecule has 2 aromatic rings. The molecule has 1 aromatic carbocycles. The van der Waals surface area contributed by atoms with Crippen LogP contribution in [0, 0.1) is 10.1 Å². The van der Waals surface area contributed by atoms with Crippen molar-refractivity contribution in [3.8, 4) is 5.69 Å². The van der Waals surface area contributed by atoms with Crippen molar-refractivity contribution in [1.29, 1.82) is 0 Å². The summed E-state index contributed by atoms with van der Waals surface area (Å²) in [4.78, 5) is 10.3. The van der Waals surface area contributed by atoms with Gasteiger partial charge in [0.1, 0.15) is 0 Å². The van der Waals surface area contributed by atoms with Gasteiger partial charge in [-0.3, -0.25) is 10.1 Å². The number of hydrogen-bond acceptors (Lipinski definition) is 4. The van der Waals surface area contributed by atoms with Gasteiger partial charge in [0.15, 0.2) is 0 Å². The summed E-state index contributed by atoms with van der Waals surface area (Å²) in [5.41, 5.74) is 1.66. The van der Waals surface area contributed by atoms with E-state index in [1.807, 2.05) is 13.0 Å². The minimum absolute atomic E-state index is 0.0660. The Balaban J connectivity index is 2.23. The number of hydrogen-bond donors (Lipinski definition) is 1. The first kappa shape index (κ1) is 12.3. The van der Waals surface area contributed by atoms with E-state index in [-0.39, 0.29) is 5.69 Å². The summed E-state index contributed by atoms with van der Waals surface area (Å²) in [6, 6.07) is 8.30. The monoisotopic (exact) mass is 246 g/mol. The van der Waals surface area contributed by atoms with E-state index >= 15 is 0 Å². The van der Waals surface area contributed by atoms with Crippen molar-refractivity contribution < 1.29 is 4.92 Å². The van der Waals surface area contributed by atoms with Crippen LogP contribution in [0.2, 0.25) is 0 Å². The van der Waals surface area contributed by atoms with Gasteiger partial charge in [0, 0.05) is 24.9 Å². The van der Waals surface area contributed by atoms with E-state index in [0.29, 0.717) is 12.2 Å². The first-order chi connectivity index (χ1) is 8.70. The average Bonchev–Trinajstić information content (AvgIpc) is 2.85. The third-order valence-electron chi connectivity index (χ3n) is 2.51. The maximum absolute atomic E-state index is 10.7. The van der Waals surface area contributed by atoms with E-state index in [4.69, 9.17) is 0 Å². The molecule has 2 rings (SSSR count). The van der Waals surface area contributed by atoms with Gasteiger partial charge in [0.25, 0.3) is 5.69 Å². The lowest BCUT2D eigenvalue weighted by Gasteiger charge is -2.01. The summed E-state index contributed by atoms with van der Waals surface area (Å²) < 4.78 is 1.64. The number of benzene rings is 1. The van der Waals surface area contributed by atoms with E-state index in [1.54, 1.807) is 23.0 Å². The predicted molar refractivity (Wildman–Crippen MR) is 67.6 cm³/mol. The Morgan fingerprint density at radius 1 is 1.44 bits per heavy atom. The fourth-order valence-electron chi connectivity index (χ4n) is 1.60. The van der Waals surface area contributed by atoms with Crippen molar-refractivity contribution in [2.24, 2.45) is 0 Å². The number of aromatic nitrogens is 2. The molecule has 0 aliphatic carbocycles. The molecule has 0 aliphatic heterocycles. The molecular weight excluding hydrogens is 232 g/mol. The second kappa shape index (κ2) is 5.42. The second-order valence-corrected chi connectivity index (χ2v) is 3.81. The molecule has 1 aromatic heterocycles. The van der Waals surface area contributed by atoms with Crippen LogP contribution < -0.4 is 5.32 Å². The Hall–Kier alpha value is -2.21. The van der Waals surface area contributed by atoms with Crippen molar-refractivity contribution in [3.63, 3.8) is 0 Å². The highest BCUT2D eigenvalue weighted by Gasteiger charge is 2.07. The molecule has 0 radical (unpaired) electrons. The van der Waals surface area contributed by atoms with Gasteiger partial charge in [-0.15, -0.1) is 0 Å². The Labute approximate surface area is 104 Å². The van der Waals surface area contributed by atoms with Crippen LogP contribution >= 0.6 is 0 Å². The maximum atomic E-state index is 10.7. The molecule has 0 atom stereocenters. The van der Waals surface area contributed by atoms with E-state index < -0.39 is 4.92 Å². The normalized spacial score (nSPS) is 10.5. The number of nitro benzene ring substituents is 1. The van der Waals surface area contributed by atoms with Gasteiger partial charge < -0.3 is 5.32 Å². The molecule has 6 nitrogen and oxygen atoms in total. The van der Waals surface area contributed by atoms with Crippen LogP contribution in [0.3, 0.4) is 0 Å². The predicted octanol–water partition coefficient (Wildman–Crippen LogP) is 1.89. The van der Waals surface area contributed by atoms with Crippen molar-refractivity contribution >= 4 is 5.69 Å². The topological polar surface area (TPSA) is 73.0 Å². The second-order valence-electron chi connectivity index (χ2n) is 3.81. The van der Waals surface area contributed by atoms with Crippen LogP contribution in [0.25, 0.3) is 5.69 Å². The fraction of sp³-hybridized carbons (Fsp3) is 0.250. The molecule has 0 unspecified atom stereocenters. The van der Waals surface area contributed by atoms with Crippen LogP contribution in [-0.4, -0.2) is 21.2 Å². The third kappa shape index (κ3) is 2.72. The highest BCUT2D eigenvalue weighted by atomic mass is 16.6. The Bertz CT molecular complexity index is 551. The van der Waals surface area contributed by atoms with Gasteiger partial charge in [-0.25, -0.2) is 4.68 Å². The molecular formula is C12H14N4O2. The largest absolute Gasteiger partial charge is 0.311 e. The quantitative estimate of drug-likeness (QED) is 0.646. The van der Waals surface area contributed by atoms with E-state index in [0.717, 1.165) is 12.2 Å². The Kier molecular flexibility index (Phi) is 3.69. The summed E-state index contributed by atoms with van der Waals surface area (Å²) in [6.45, 7) is 3.60. The van der Waals surface area contributed by atoms with Crippen molar-refractivity contribution in [1.82, 2.24) is 15.1 Å². The molecule has 94 valence electrons. The van der Waals surface area contributed by atoms with E-state index in [9.17, 15) is 10.1 Å². The van der Waals surface area contributed by atoms with Crippen molar-refractivity contribution in [2.45, 2.75) is 13.5 Å². The number of nitro groups is 1. The highest BCUT2D eigenvalue weighted by molar-refractivity contribution is 5.42. The third-order valence-corrected chi connectivity index (χ3v) is 2.51. The molecule has 0 fully saturated rings. The van der Waals surface area contributed by atoms with E-state index in [1.165, 1.54) is 12.1 Å². The van der Waals surface area contributed by atoms with Gasteiger partial charge in [-0.05, 0) is 18.7 Å². The molecule has 6 heteroatoms. The van der Waals surface area contributed by atoms with Crippen molar-refractivity contribution in [3.05, 3.63) is 52.3 Å². The summed E-state index contributed by atoms with van der Waals surface area (Å²) >= 11 is 0. The molecule has 0 saturated carbocycles. The standard InChI is InChI=1S/C12H14N4O2/c1-2-13-9-10-6-7-15(14-10)11-4-3-5-12(8-11)16(17)18/h3-8,13H,2,9H2,1H3. The van der Waals surface area contributed by atoms with Crippen molar-refractivity contribution in [2.75, 3.05) is 6.54 Å². The number of non-ortho nitro benzene ring substituents is 1. The van der Waals surface area contributed by atoms with Gasteiger partial charge >= 0.3 is 0 Å².